The number of benzene rings is 2. The van der Waals surface area contributed by atoms with E-state index in [-0.39, 0.29) is 30.3 Å². The lowest BCUT2D eigenvalue weighted by atomic mass is 9.81. The number of fused-ring (bicyclic) bond motifs is 3. The molecule has 1 aliphatic rings. The number of carbonyl (C=O) groups excluding carboxylic acids is 3. The Labute approximate surface area is 212 Å². The number of esters is 1. The highest BCUT2D eigenvalue weighted by Crippen LogP contribution is 2.41. The lowest BCUT2D eigenvalue weighted by molar-refractivity contribution is -0.136. The number of carbonyl (C=O) groups is 3. The number of urea groups is 1. The van der Waals surface area contributed by atoms with E-state index in [1.807, 2.05) is 26.0 Å². The van der Waals surface area contributed by atoms with Crippen LogP contribution in [-0.2, 0) is 14.9 Å². The molecule has 8 nitrogen and oxygen atoms in total. The first kappa shape index (κ1) is 25.9. The Morgan fingerprint density at radius 2 is 1.86 bits per heavy atom. The molecular formula is C27H28F2N4O4. The van der Waals surface area contributed by atoms with Crippen LogP contribution in [0.2, 0.25) is 0 Å². The normalized spacial score (nSPS) is 14.5. The number of hydrogen-bond acceptors (Lipinski definition) is 4. The second-order valence-corrected chi connectivity index (χ2v) is 9.43. The van der Waals surface area contributed by atoms with Gasteiger partial charge in [-0.05, 0) is 42.8 Å². The van der Waals surface area contributed by atoms with Crippen LogP contribution in [-0.4, -0.2) is 55.0 Å². The van der Waals surface area contributed by atoms with Gasteiger partial charge in [-0.2, -0.15) is 0 Å². The largest absolute Gasteiger partial charge is 0.462 e. The highest BCUT2D eigenvalue weighted by Gasteiger charge is 2.37. The predicted octanol–water partition coefficient (Wildman–Crippen LogP) is 4.56. The minimum atomic E-state index is -1.14. The van der Waals surface area contributed by atoms with Gasteiger partial charge in [0.05, 0.1) is 17.9 Å². The van der Waals surface area contributed by atoms with Crippen molar-refractivity contribution in [2.24, 2.45) is 0 Å². The molecule has 0 radical (unpaired) electrons. The SMILES string of the molecule is CCOC(=O)C1=CN(C(=O)c2ccc(F)c(F)c2)CC(C)(C)c2c1[nH]c1cc(N(C)C(=O)NC)ccc21. The minimum absolute atomic E-state index is 0.0496. The number of H-pyrrole nitrogens is 1. The van der Waals surface area contributed by atoms with Crippen LogP contribution < -0.4 is 10.2 Å². The van der Waals surface area contributed by atoms with Crippen LogP contribution in [0.5, 0.6) is 0 Å². The third kappa shape index (κ3) is 4.66. The lowest BCUT2D eigenvalue weighted by Crippen LogP contribution is -2.37. The topological polar surface area (TPSA) is 94.7 Å². The van der Waals surface area contributed by atoms with Gasteiger partial charge in [-0.1, -0.05) is 19.9 Å². The summed E-state index contributed by atoms with van der Waals surface area (Å²) in [5.74, 6) is -3.42. The fraction of sp³-hybridized carbons (Fsp3) is 0.296. The number of rotatable bonds is 4. The van der Waals surface area contributed by atoms with Crippen LogP contribution in [0.4, 0.5) is 19.3 Å². The first-order valence-corrected chi connectivity index (χ1v) is 11.8. The van der Waals surface area contributed by atoms with Crippen molar-refractivity contribution in [1.29, 1.82) is 0 Å². The minimum Gasteiger partial charge on any atom is -0.462 e. The molecule has 2 aromatic carbocycles. The summed E-state index contributed by atoms with van der Waals surface area (Å²) in [7, 11) is 3.18. The molecule has 194 valence electrons. The molecule has 0 aliphatic carbocycles. The summed E-state index contributed by atoms with van der Waals surface area (Å²) in [6, 6.07) is 8.11. The summed E-state index contributed by atoms with van der Waals surface area (Å²) >= 11 is 0. The number of halogens is 2. The molecule has 2 N–H and O–H groups in total. The van der Waals surface area contributed by atoms with Crippen LogP contribution in [0, 0.1) is 11.6 Å². The summed E-state index contributed by atoms with van der Waals surface area (Å²) in [6.07, 6.45) is 1.39. The van der Waals surface area contributed by atoms with Crippen molar-refractivity contribution in [1.82, 2.24) is 15.2 Å². The van der Waals surface area contributed by atoms with Crippen molar-refractivity contribution in [2.75, 3.05) is 32.1 Å². The first-order chi connectivity index (χ1) is 17.5. The predicted molar refractivity (Wildman–Crippen MR) is 136 cm³/mol. The van der Waals surface area contributed by atoms with Crippen LogP contribution >= 0.6 is 0 Å². The number of amides is 3. The second kappa shape index (κ2) is 9.68. The van der Waals surface area contributed by atoms with Gasteiger partial charge in [0.2, 0.25) is 0 Å². The van der Waals surface area contributed by atoms with E-state index in [0.717, 1.165) is 23.1 Å². The average molecular weight is 511 g/mol. The average Bonchev–Trinajstić information content (AvgIpc) is 3.20. The molecule has 0 saturated carbocycles. The number of nitrogens with one attached hydrogen (secondary N) is 2. The Bertz CT molecular complexity index is 1440. The van der Waals surface area contributed by atoms with E-state index in [1.54, 1.807) is 27.1 Å². The Morgan fingerprint density at radius 1 is 1.14 bits per heavy atom. The third-order valence-electron chi connectivity index (χ3n) is 6.41. The van der Waals surface area contributed by atoms with Crippen molar-refractivity contribution in [3.8, 4) is 0 Å². The molecule has 0 atom stereocenters. The van der Waals surface area contributed by atoms with Gasteiger partial charge in [0.1, 0.15) is 0 Å². The van der Waals surface area contributed by atoms with Gasteiger partial charge in [0, 0.05) is 54.4 Å². The zero-order valence-corrected chi connectivity index (χ0v) is 21.2. The van der Waals surface area contributed by atoms with Gasteiger partial charge < -0.3 is 19.9 Å². The van der Waals surface area contributed by atoms with Gasteiger partial charge in [-0.3, -0.25) is 9.69 Å². The van der Waals surface area contributed by atoms with E-state index >= 15 is 0 Å². The van der Waals surface area contributed by atoms with Crippen LogP contribution in [0.15, 0.2) is 42.6 Å². The third-order valence-corrected chi connectivity index (χ3v) is 6.41. The van der Waals surface area contributed by atoms with Crippen molar-refractivity contribution < 1.29 is 27.9 Å². The molecule has 1 aliphatic heterocycles. The monoisotopic (exact) mass is 510 g/mol. The highest BCUT2D eigenvalue weighted by molar-refractivity contribution is 6.18. The van der Waals surface area contributed by atoms with Crippen molar-refractivity contribution in [3.05, 3.63) is 71.1 Å². The van der Waals surface area contributed by atoms with Gasteiger partial charge in [-0.25, -0.2) is 18.4 Å². The zero-order chi connectivity index (χ0) is 27.1. The van der Waals surface area contributed by atoms with Crippen molar-refractivity contribution in [2.45, 2.75) is 26.2 Å². The molecule has 0 spiro atoms. The second-order valence-electron chi connectivity index (χ2n) is 9.43. The van der Waals surface area contributed by atoms with Crippen LogP contribution in [0.1, 0.15) is 42.4 Å². The van der Waals surface area contributed by atoms with Gasteiger partial charge >= 0.3 is 12.0 Å². The summed E-state index contributed by atoms with van der Waals surface area (Å²) in [5.41, 5.74) is 2.00. The standard InChI is InChI=1S/C27H28F2N4O4/c1-6-37-25(35)18-13-33(24(34)15-7-10-19(28)20(29)11-15)14-27(2,3)22-17-9-8-16(32(5)26(36)30-4)12-21(17)31-23(18)22/h7-13,31H,6,14H2,1-5H3,(H,30,36). The molecule has 1 aromatic heterocycles. The first-order valence-electron chi connectivity index (χ1n) is 11.8. The zero-order valence-electron chi connectivity index (χ0n) is 21.2. The molecule has 37 heavy (non-hydrogen) atoms. The fourth-order valence-electron chi connectivity index (χ4n) is 4.64. The van der Waals surface area contributed by atoms with E-state index in [9.17, 15) is 23.2 Å². The Hall–Kier alpha value is -4.21. The highest BCUT2D eigenvalue weighted by atomic mass is 19.2. The number of aromatic nitrogens is 1. The summed E-state index contributed by atoms with van der Waals surface area (Å²) in [6.45, 7) is 5.80. The maximum atomic E-state index is 13.9. The molecule has 2 heterocycles. The van der Waals surface area contributed by atoms with E-state index in [0.29, 0.717) is 16.9 Å². The molecule has 0 saturated heterocycles. The van der Waals surface area contributed by atoms with Gasteiger partial charge in [0.15, 0.2) is 11.6 Å². The van der Waals surface area contributed by atoms with Crippen molar-refractivity contribution >= 4 is 40.1 Å². The Balaban J connectivity index is 1.88. The van der Waals surface area contributed by atoms with Gasteiger partial charge in [-0.15, -0.1) is 0 Å². The Morgan fingerprint density at radius 3 is 2.51 bits per heavy atom. The molecule has 10 heteroatoms. The van der Waals surface area contributed by atoms with Crippen LogP contribution in [0.3, 0.4) is 0 Å². The fourth-order valence-corrected chi connectivity index (χ4v) is 4.64. The van der Waals surface area contributed by atoms with E-state index in [2.05, 4.69) is 10.3 Å². The molecule has 0 unspecified atom stereocenters. The summed E-state index contributed by atoms with van der Waals surface area (Å²) < 4.78 is 32.6. The van der Waals surface area contributed by atoms with Crippen LogP contribution in [0.25, 0.3) is 16.5 Å². The maximum absolute atomic E-state index is 13.9. The quantitative estimate of drug-likeness (QED) is 0.503. The number of nitrogens with zero attached hydrogens (tertiary/aromatic N) is 2. The molecule has 3 aromatic rings. The molecule has 0 fully saturated rings. The summed E-state index contributed by atoms with van der Waals surface area (Å²) in [4.78, 5) is 44.6. The molecule has 4 rings (SSSR count). The number of aromatic amines is 1. The molecule has 0 bridgehead atoms. The van der Waals surface area contributed by atoms with Gasteiger partial charge in [0.25, 0.3) is 5.91 Å². The molecule has 3 amide bonds. The lowest BCUT2D eigenvalue weighted by Gasteiger charge is -2.29. The maximum Gasteiger partial charge on any atom is 0.341 e. The smallest absolute Gasteiger partial charge is 0.341 e. The van der Waals surface area contributed by atoms with Crippen molar-refractivity contribution in [3.63, 3.8) is 0 Å². The van der Waals surface area contributed by atoms with E-state index < -0.39 is 28.9 Å². The summed E-state index contributed by atoms with van der Waals surface area (Å²) in [5, 5.41) is 3.39. The van der Waals surface area contributed by atoms with E-state index in [4.69, 9.17) is 4.74 Å². The number of ether oxygens (including phenoxy) is 1. The van der Waals surface area contributed by atoms with E-state index in [1.165, 1.54) is 22.1 Å². The number of anilines is 1. The molecular weight excluding hydrogens is 482 g/mol. The number of hydrogen-bond donors (Lipinski definition) is 2. The Kier molecular flexibility index (Phi) is 6.77.